The molecule has 0 aromatic heterocycles. The molecule has 0 unspecified atom stereocenters. The molecular formula is C17H15BrClN3O3S. The predicted molar refractivity (Wildman–Crippen MR) is 109 cm³/mol. The molecule has 0 saturated heterocycles. The lowest BCUT2D eigenvalue weighted by Crippen LogP contribution is -2.11. The molecule has 6 nitrogen and oxygen atoms in total. The van der Waals surface area contributed by atoms with Crippen LogP contribution in [0.5, 0.6) is 5.75 Å². The summed E-state index contributed by atoms with van der Waals surface area (Å²) in [5, 5.41) is 17.4. The van der Waals surface area contributed by atoms with Crippen molar-refractivity contribution in [2.75, 3.05) is 6.61 Å². The number of ether oxygens (including phenoxy) is 1. The number of aliphatic carboxylic acids is 1. The number of hydrogen-bond donors (Lipinski definition) is 2. The minimum Gasteiger partial charge on any atom is -0.480 e. The number of halogens is 2. The van der Waals surface area contributed by atoms with Crippen molar-refractivity contribution < 1.29 is 14.6 Å². The van der Waals surface area contributed by atoms with Crippen LogP contribution in [0.3, 0.4) is 0 Å². The van der Waals surface area contributed by atoms with Crippen LogP contribution in [0.2, 0.25) is 5.02 Å². The summed E-state index contributed by atoms with van der Waals surface area (Å²) in [6.45, 7) is -0.487. The quantitative estimate of drug-likeness (QED) is 0.370. The number of nitrogens with zero attached hydrogens (tertiary/aromatic N) is 2. The number of carbonyl (C=O) groups is 1. The Labute approximate surface area is 168 Å². The Morgan fingerprint density at radius 1 is 1.35 bits per heavy atom. The molecule has 0 aliphatic heterocycles. The molecule has 0 fully saturated rings. The van der Waals surface area contributed by atoms with Gasteiger partial charge in [0.15, 0.2) is 11.8 Å². The Kier molecular flexibility index (Phi) is 7.96. The molecule has 0 heterocycles. The summed E-state index contributed by atoms with van der Waals surface area (Å²) in [5.41, 5.74) is 7.45. The normalized spacial score (nSPS) is 11.7. The summed E-state index contributed by atoms with van der Waals surface area (Å²) in [5.74, 6) is -0.0953. The maximum absolute atomic E-state index is 10.7. The number of carboxylic acid groups (broad SMARTS) is 1. The lowest BCUT2D eigenvalue weighted by molar-refractivity contribution is -0.139. The Morgan fingerprint density at radius 2 is 2.08 bits per heavy atom. The number of rotatable bonds is 7. The third-order valence-electron chi connectivity index (χ3n) is 2.96. The first kappa shape index (κ1) is 20.3. The fraction of sp³-hybridized carbons (Fsp3) is 0.118. The van der Waals surface area contributed by atoms with Crippen molar-refractivity contribution in [2.24, 2.45) is 15.9 Å². The standard InChI is InChI=1S/C17H15BrClN3O3S/c18-14-7-13(19)6-12(16(14)25-9-15(23)24)8-21-22-17(20)26-10-11-4-2-1-3-5-11/h1-8H,9-10H2,(H2,20,22)(H,23,24). The molecule has 0 aliphatic carbocycles. The van der Waals surface area contributed by atoms with Crippen LogP contribution in [0.4, 0.5) is 0 Å². The summed E-state index contributed by atoms with van der Waals surface area (Å²) in [4.78, 5) is 10.7. The average Bonchev–Trinajstić information content (AvgIpc) is 2.59. The van der Waals surface area contributed by atoms with E-state index in [1.54, 1.807) is 12.1 Å². The predicted octanol–water partition coefficient (Wildman–Crippen LogP) is 4.15. The van der Waals surface area contributed by atoms with Gasteiger partial charge in [-0.3, -0.25) is 0 Å². The van der Waals surface area contributed by atoms with E-state index >= 15 is 0 Å². The monoisotopic (exact) mass is 455 g/mol. The second-order valence-corrected chi connectivity index (χ2v) is 7.23. The minimum absolute atomic E-state index is 0.305. The molecule has 0 radical (unpaired) electrons. The molecule has 0 aliphatic rings. The highest BCUT2D eigenvalue weighted by Gasteiger charge is 2.11. The first-order valence-electron chi connectivity index (χ1n) is 7.32. The first-order valence-corrected chi connectivity index (χ1v) is 9.48. The number of nitrogens with two attached hydrogens (primary N) is 1. The van der Waals surface area contributed by atoms with E-state index in [9.17, 15) is 4.79 Å². The molecule has 0 spiro atoms. The van der Waals surface area contributed by atoms with Crippen LogP contribution < -0.4 is 10.5 Å². The van der Waals surface area contributed by atoms with Crippen molar-refractivity contribution in [2.45, 2.75) is 5.75 Å². The third-order valence-corrected chi connectivity index (χ3v) is 4.62. The summed E-state index contributed by atoms with van der Waals surface area (Å²) in [7, 11) is 0. The summed E-state index contributed by atoms with van der Waals surface area (Å²) in [6, 6.07) is 13.1. The molecule has 2 aromatic carbocycles. The van der Waals surface area contributed by atoms with Crippen LogP contribution in [0.1, 0.15) is 11.1 Å². The van der Waals surface area contributed by atoms with Gasteiger partial charge in [-0.2, -0.15) is 5.10 Å². The van der Waals surface area contributed by atoms with Crippen LogP contribution >= 0.6 is 39.3 Å². The van der Waals surface area contributed by atoms with Crippen LogP contribution in [-0.4, -0.2) is 29.1 Å². The lowest BCUT2D eigenvalue weighted by atomic mass is 10.2. The van der Waals surface area contributed by atoms with Crippen LogP contribution in [-0.2, 0) is 10.5 Å². The van der Waals surface area contributed by atoms with Gasteiger partial charge in [0.1, 0.15) is 5.75 Å². The van der Waals surface area contributed by atoms with Gasteiger partial charge >= 0.3 is 5.97 Å². The van der Waals surface area contributed by atoms with E-state index in [4.69, 9.17) is 27.2 Å². The van der Waals surface area contributed by atoms with Gasteiger partial charge < -0.3 is 15.6 Å². The Balaban J connectivity index is 2.07. The van der Waals surface area contributed by atoms with Gasteiger partial charge in [0.05, 0.1) is 10.7 Å². The first-order chi connectivity index (χ1) is 12.5. The number of amidine groups is 1. The third kappa shape index (κ3) is 6.70. The number of hydrogen-bond acceptors (Lipinski definition) is 5. The molecule has 0 bridgehead atoms. The van der Waals surface area contributed by atoms with E-state index in [-0.39, 0.29) is 0 Å². The summed E-state index contributed by atoms with van der Waals surface area (Å²) in [6.07, 6.45) is 1.41. The fourth-order valence-corrected chi connectivity index (χ4v) is 3.43. The molecule has 136 valence electrons. The van der Waals surface area contributed by atoms with Crippen molar-refractivity contribution in [1.82, 2.24) is 0 Å². The maximum atomic E-state index is 10.7. The van der Waals surface area contributed by atoms with Gasteiger partial charge in [0, 0.05) is 16.3 Å². The highest BCUT2D eigenvalue weighted by atomic mass is 79.9. The second-order valence-electron chi connectivity index (χ2n) is 4.95. The maximum Gasteiger partial charge on any atom is 0.341 e. The fourth-order valence-electron chi connectivity index (χ4n) is 1.87. The summed E-state index contributed by atoms with van der Waals surface area (Å²) < 4.78 is 5.78. The van der Waals surface area contributed by atoms with Gasteiger partial charge in [0.25, 0.3) is 0 Å². The number of thioether (sulfide) groups is 1. The zero-order valence-corrected chi connectivity index (χ0v) is 16.6. The van der Waals surface area contributed by atoms with Gasteiger partial charge in [-0.15, -0.1) is 5.10 Å². The van der Waals surface area contributed by atoms with Crippen LogP contribution in [0.15, 0.2) is 57.1 Å². The summed E-state index contributed by atoms with van der Waals surface area (Å²) >= 11 is 10.7. The smallest absolute Gasteiger partial charge is 0.341 e. The van der Waals surface area contributed by atoms with Gasteiger partial charge in [0.2, 0.25) is 0 Å². The van der Waals surface area contributed by atoms with Gasteiger partial charge in [-0.1, -0.05) is 53.7 Å². The second kappa shape index (κ2) is 10.2. The minimum atomic E-state index is -1.09. The van der Waals surface area contributed by atoms with Gasteiger partial charge in [-0.05, 0) is 33.6 Å². The van der Waals surface area contributed by atoms with E-state index in [2.05, 4.69) is 26.1 Å². The SMILES string of the molecule is NC(=NN=Cc1cc(Cl)cc(Br)c1OCC(=O)O)SCc1ccccc1. The van der Waals surface area contributed by atoms with Crippen molar-refractivity contribution in [1.29, 1.82) is 0 Å². The molecule has 3 N–H and O–H groups in total. The van der Waals surface area contributed by atoms with Crippen LogP contribution in [0, 0.1) is 0 Å². The van der Waals surface area contributed by atoms with E-state index in [0.717, 1.165) is 5.56 Å². The van der Waals surface area contributed by atoms with Gasteiger partial charge in [-0.25, -0.2) is 4.79 Å². The van der Waals surface area contributed by atoms with E-state index in [1.165, 1.54) is 18.0 Å². The van der Waals surface area contributed by atoms with E-state index in [1.807, 2.05) is 30.3 Å². The van der Waals surface area contributed by atoms with Crippen molar-refractivity contribution in [3.8, 4) is 5.75 Å². The van der Waals surface area contributed by atoms with Crippen LogP contribution in [0.25, 0.3) is 0 Å². The molecule has 26 heavy (non-hydrogen) atoms. The topological polar surface area (TPSA) is 97.3 Å². The Morgan fingerprint density at radius 3 is 2.77 bits per heavy atom. The molecule has 0 atom stereocenters. The van der Waals surface area contributed by atoms with Crippen molar-refractivity contribution in [3.63, 3.8) is 0 Å². The Hall–Kier alpha value is -2.03. The molecule has 0 saturated carbocycles. The zero-order chi connectivity index (χ0) is 18.9. The van der Waals surface area contributed by atoms with Crippen molar-refractivity contribution in [3.05, 3.63) is 63.1 Å². The largest absolute Gasteiger partial charge is 0.480 e. The average molecular weight is 457 g/mol. The van der Waals surface area contributed by atoms with E-state index in [0.29, 0.717) is 31.7 Å². The molecule has 2 rings (SSSR count). The van der Waals surface area contributed by atoms with E-state index < -0.39 is 12.6 Å². The molecule has 2 aromatic rings. The lowest BCUT2D eigenvalue weighted by Gasteiger charge is -2.09. The highest BCUT2D eigenvalue weighted by molar-refractivity contribution is 9.10. The molecule has 0 amide bonds. The molecular weight excluding hydrogens is 442 g/mol. The molecule has 9 heteroatoms. The highest BCUT2D eigenvalue weighted by Crippen LogP contribution is 2.32. The Bertz CT molecular complexity index is 832. The number of carboxylic acids is 1. The number of benzene rings is 2. The zero-order valence-electron chi connectivity index (χ0n) is 13.4. The van der Waals surface area contributed by atoms with Crippen molar-refractivity contribution >= 4 is 56.6 Å².